The molecule has 3 atom stereocenters. The molecule has 2 saturated carbocycles. The van der Waals surface area contributed by atoms with E-state index < -0.39 is 5.91 Å². The van der Waals surface area contributed by atoms with Crippen molar-refractivity contribution in [1.29, 1.82) is 0 Å². The number of nitrogens with zero attached hydrogens (tertiary/aromatic N) is 2. The van der Waals surface area contributed by atoms with Crippen LogP contribution in [0.5, 0.6) is 0 Å². The van der Waals surface area contributed by atoms with E-state index in [0.29, 0.717) is 28.0 Å². The molecule has 3 fully saturated rings. The number of furan rings is 1. The molecule has 3 heterocycles. The summed E-state index contributed by atoms with van der Waals surface area (Å²) in [6.07, 6.45) is 4.54. The number of primary amides is 1. The minimum Gasteiger partial charge on any atom is -0.454 e. The molecule has 8 rings (SSSR count). The van der Waals surface area contributed by atoms with Crippen LogP contribution in [-0.2, 0) is 6.54 Å². The Morgan fingerprint density at radius 2 is 1.77 bits per heavy atom. The molecule has 2 bridgehead atoms. The summed E-state index contributed by atoms with van der Waals surface area (Å²) in [5.41, 5.74) is 18.7. The molecule has 3 aromatic carbocycles. The fraction of sp³-hybridized carbons (Fsp3) is 0.314. The quantitative estimate of drug-likeness (QED) is 0.227. The minimum absolute atomic E-state index is 0.0412. The van der Waals surface area contributed by atoms with Gasteiger partial charge in [0.1, 0.15) is 5.58 Å². The van der Waals surface area contributed by atoms with Gasteiger partial charge >= 0.3 is 0 Å². The van der Waals surface area contributed by atoms with Crippen LogP contribution in [0, 0.1) is 18.8 Å². The lowest BCUT2D eigenvalue weighted by molar-refractivity contribution is 0.0700. The summed E-state index contributed by atoms with van der Waals surface area (Å²) in [6.45, 7) is 3.74. The van der Waals surface area contributed by atoms with Crippen LogP contribution in [0.25, 0.3) is 44.5 Å². The first-order valence-corrected chi connectivity index (χ1v) is 15.5. The molecule has 8 heteroatoms. The average Bonchev–Trinajstić information content (AvgIpc) is 3.41. The van der Waals surface area contributed by atoms with Crippen molar-refractivity contribution >= 4 is 45.3 Å². The molecule has 2 amide bonds. The van der Waals surface area contributed by atoms with Crippen molar-refractivity contribution in [3.05, 3.63) is 82.4 Å². The summed E-state index contributed by atoms with van der Waals surface area (Å²) in [5.74, 6) is 1.38. The summed E-state index contributed by atoms with van der Waals surface area (Å²) in [7, 11) is 0. The normalized spacial score (nSPS) is 21.4. The number of rotatable bonds is 6. The number of hydrogen-bond donors (Lipinski definition) is 2. The molecule has 0 radical (unpaired) electrons. The van der Waals surface area contributed by atoms with Crippen molar-refractivity contribution in [3.63, 3.8) is 0 Å². The summed E-state index contributed by atoms with van der Waals surface area (Å²) >= 11 is 6.38. The second kappa shape index (κ2) is 9.73. The monoisotopic (exact) mass is 592 g/mol. The molecule has 4 N–H and O–H groups in total. The zero-order valence-electron chi connectivity index (χ0n) is 24.0. The van der Waals surface area contributed by atoms with Crippen LogP contribution >= 0.6 is 11.6 Å². The van der Waals surface area contributed by atoms with Gasteiger partial charge in [0.25, 0.3) is 5.91 Å². The SMILES string of the molecule is Cc1c(-c2cc3ccc(-c4ccc(C(N)=O)c(Cl)c4)cc3n2CC2CC2)oc2cc(C(=O)N3CC4CCC3[C@@H]4N)ccc12. The lowest BCUT2D eigenvalue weighted by Gasteiger charge is -2.27. The van der Waals surface area contributed by atoms with E-state index in [4.69, 9.17) is 27.5 Å². The maximum absolute atomic E-state index is 13.5. The molecule has 1 aliphatic heterocycles. The molecule has 43 heavy (non-hydrogen) atoms. The third-order valence-electron chi connectivity index (χ3n) is 9.94. The van der Waals surface area contributed by atoms with Crippen molar-refractivity contribution in [2.75, 3.05) is 6.54 Å². The van der Waals surface area contributed by atoms with Gasteiger partial charge in [0.15, 0.2) is 5.76 Å². The van der Waals surface area contributed by atoms with Crippen LogP contribution in [0.15, 0.2) is 65.1 Å². The second-order valence-electron chi connectivity index (χ2n) is 12.6. The number of nitrogens with two attached hydrogens (primary N) is 2. The van der Waals surface area contributed by atoms with Gasteiger partial charge in [0.05, 0.1) is 16.3 Å². The van der Waals surface area contributed by atoms with Gasteiger partial charge in [-0.2, -0.15) is 0 Å². The predicted molar refractivity (Wildman–Crippen MR) is 169 cm³/mol. The number of aryl methyl sites for hydroxylation is 1. The Balaban J connectivity index is 1.19. The smallest absolute Gasteiger partial charge is 0.254 e. The lowest BCUT2D eigenvalue weighted by atomic mass is 10.0. The highest BCUT2D eigenvalue weighted by molar-refractivity contribution is 6.34. The largest absolute Gasteiger partial charge is 0.454 e. The van der Waals surface area contributed by atoms with Crippen LogP contribution in [0.3, 0.4) is 0 Å². The zero-order valence-corrected chi connectivity index (χ0v) is 24.7. The minimum atomic E-state index is -0.542. The highest BCUT2D eigenvalue weighted by Crippen LogP contribution is 2.42. The molecule has 0 spiro atoms. The maximum Gasteiger partial charge on any atom is 0.254 e. The van der Waals surface area contributed by atoms with Gasteiger partial charge < -0.3 is 25.4 Å². The molecule has 2 aromatic heterocycles. The molecule has 1 saturated heterocycles. The first-order chi connectivity index (χ1) is 20.8. The van der Waals surface area contributed by atoms with Gasteiger partial charge in [-0.3, -0.25) is 9.59 Å². The third-order valence-corrected chi connectivity index (χ3v) is 10.3. The Labute approximate surface area is 254 Å². The fourth-order valence-corrected chi connectivity index (χ4v) is 7.60. The van der Waals surface area contributed by atoms with E-state index in [9.17, 15) is 9.59 Å². The van der Waals surface area contributed by atoms with E-state index in [0.717, 1.165) is 75.9 Å². The van der Waals surface area contributed by atoms with Crippen LogP contribution in [-0.4, -0.2) is 39.9 Å². The van der Waals surface area contributed by atoms with Crippen molar-refractivity contribution < 1.29 is 14.0 Å². The van der Waals surface area contributed by atoms with E-state index in [1.54, 1.807) is 12.1 Å². The number of aromatic nitrogens is 1. The van der Waals surface area contributed by atoms with Gasteiger partial charge in [-0.25, -0.2) is 0 Å². The number of halogens is 1. The first-order valence-electron chi connectivity index (χ1n) is 15.1. The second-order valence-corrected chi connectivity index (χ2v) is 13.0. The highest BCUT2D eigenvalue weighted by atomic mass is 35.5. The number of carbonyl (C=O) groups excluding carboxylic acids is 2. The Kier molecular flexibility index (Phi) is 6.01. The summed E-state index contributed by atoms with van der Waals surface area (Å²) < 4.78 is 8.95. The van der Waals surface area contributed by atoms with Crippen LogP contribution in [0.4, 0.5) is 0 Å². The van der Waals surface area contributed by atoms with E-state index in [1.165, 1.54) is 12.8 Å². The number of fused-ring (bicyclic) bond motifs is 4. The standard InChI is InChI=1S/C35H33ClN4O3/c1-18-25-9-7-23(35(42)40-17-24-8-11-28(40)32(24)37)15-31(25)43-33(18)30-14-22-5-4-21(13-29(22)39(30)16-19-2-3-19)20-6-10-26(34(38)41)27(36)12-20/h4-7,9-10,12-15,19,24,28,32H,2-3,8,11,16-17,37H2,1H3,(H2,38,41)/t24?,28?,32-/m1/s1. The molecular formula is C35H33ClN4O3. The van der Waals surface area contributed by atoms with E-state index in [-0.39, 0.29) is 18.0 Å². The molecule has 3 aliphatic rings. The summed E-state index contributed by atoms with van der Waals surface area (Å²) in [6, 6.07) is 20.0. The third kappa shape index (κ3) is 4.28. The van der Waals surface area contributed by atoms with Gasteiger partial charge in [0, 0.05) is 52.6 Å². The van der Waals surface area contributed by atoms with Crippen LogP contribution in [0.2, 0.25) is 5.02 Å². The number of amides is 2. The number of piperidine rings is 1. The highest BCUT2D eigenvalue weighted by Gasteiger charge is 2.46. The summed E-state index contributed by atoms with van der Waals surface area (Å²) in [5, 5.41) is 2.48. The zero-order chi connectivity index (χ0) is 29.6. The van der Waals surface area contributed by atoms with Crippen molar-refractivity contribution in [2.24, 2.45) is 23.3 Å². The number of hydrogen-bond acceptors (Lipinski definition) is 4. The number of likely N-dealkylation sites (tertiary alicyclic amines) is 1. The Morgan fingerprint density at radius 1 is 0.977 bits per heavy atom. The molecular weight excluding hydrogens is 560 g/mol. The average molecular weight is 593 g/mol. The molecule has 2 aliphatic carbocycles. The van der Waals surface area contributed by atoms with Crippen molar-refractivity contribution in [1.82, 2.24) is 9.47 Å². The molecule has 218 valence electrons. The molecule has 2 unspecified atom stereocenters. The van der Waals surface area contributed by atoms with Gasteiger partial charge in [-0.1, -0.05) is 35.9 Å². The van der Waals surface area contributed by atoms with E-state index in [1.807, 2.05) is 29.2 Å². The molecule has 5 aromatic rings. The van der Waals surface area contributed by atoms with Gasteiger partial charge in [0.2, 0.25) is 5.91 Å². The fourth-order valence-electron chi connectivity index (χ4n) is 7.32. The maximum atomic E-state index is 13.5. The Bertz CT molecular complexity index is 1970. The predicted octanol–water partition coefficient (Wildman–Crippen LogP) is 6.75. The van der Waals surface area contributed by atoms with Gasteiger partial charge in [-0.05, 0) is 92.0 Å². The van der Waals surface area contributed by atoms with Crippen molar-refractivity contribution in [3.8, 4) is 22.6 Å². The Hall–Kier alpha value is -4.07. The van der Waals surface area contributed by atoms with E-state index >= 15 is 0 Å². The van der Waals surface area contributed by atoms with Gasteiger partial charge in [-0.15, -0.1) is 0 Å². The van der Waals surface area contributed by atoms with Crippen LogP contribution in [0.1, 0.15) is 52.0 Å². The van der Waals surface area contributed by atoms with Crippen LogP contribution < -0.4 is 11.5 Å². The topological polar surface area (TPSA) is 107 Å². The van der Waals surface area contributed by atoms with Crippen molar-refractivity contribution in [2.45, 2.75) is 51.2 Å². The number of carbonyl (C=O) groups is 2. The number of benzene rings is 3. The first kappa shape index (κ1) is 26.5. The molecule has 7 nitrogen and oxygen atoms in total. The lowest BCUT2D eigenvalue weighted by Crippen LogP contribution is -2.41. The Morgan fingerprint density at radius 3 is 2.47 bits per heavy atom. The summed E-state index contributed by atoms with van der Waals surface area (Å²) in [4.78, 5) is 27.2. The van der Waals surface area contributed by atoms with E-state index in [2.05, 4.69) is 35.8 Å².